The van der Waals surface area contributed by atoms with Crippen molar-refractivity contribution in [1.82, 2.24) is 24.7 Å². The van der Waals surface area contributed by atoms with Crippen molar-refractivity contribution in [1.29, 1.82) is 0 Å². The first-order valence-corrected chi connectivity index (χ1v) is 13.1. The lowest BCUT2D eigenvalue weighted by atomic mass is 9.97. The van der Waals surface area contributed by atoms with E-state index >= 15 is 0 Å². The average Bonchev–Trinajstić information content (AvgIpc) is 3.48. The number of fused-ring (bicyclic) bond motifs is 1. The number of amides is 1. The van der Waals surface area contributed by atoms with Gasteiger partial charge in [-0.15, -0.1) is 5.10 Å². The van der Waals surface area contributed by atoms with Crippen LogP contribution >= 0.6 is 0 Å². The van der Waals surface area contributed by atoms with Crippen LogP contribution in [0, 0.1) is 0 Å². The topological polar surface area (TPSA) is 89.3 Å². The number of carbonyl (C=O) groups is 1. The molecule has 0 saturated carbocycles. The summed E-state index contributed by atoms with van der Waals surface area (Å²) in [7, 11) is 1.92. The summed E-state index contributed by atoms with van der Waals surface area (Å²) in [5.41, 5.74) is 5.02. The number of nitrogens with zero attached hydrogens (tertiary/aromatic N) is 7. The molecule has 2 aliphatic rings. The number of aromatic nitrogens is 5. The Bertz CT molecular complexity index is 1470. The number of carbonyl (C=O) groups excluding carboxylic acids is 1. The zero-order valence-corrected chi connectivity index (χ0v) is 22.0. The molecular formula is C29H31N7O2. The summed E-state index contributed by atoms with van der Waals surface area (Å²) >= 11 is 0. The van der Waals surface area contributed by atoms with Gasteiger partial charge in [0.2, 0.25) is 11.9 Å². The van der Waals surface area contributed by atoms with Gasteiger partial charge in [0.25, 0.3) is 0 Å². The Morgan fingerprint density at radius 2 is 1.74 bits per heavy atom. The van der Waals surface area contributed by atoms with E-state index in [0.717, 1.165) is 41.3 Å². The highest BCUT2D eigenvalue weighted by Gasteiger charge is 2.30. The van der Waals surface area contributed by atoms with Crippen LogP contribution in [0.5, 0.6) is 0 Å². The van der Waals surface area contributed by atoms with Crippen LogP contribution < -0.4 is 9.80 Å². The second kappa shape index (κ2) is 9.98. The Morgan fingerprint density at radius 1 is 0.974 bits per heavy atom. The zero-order valence-electron chi connectivity index (χ0n) is 22.0. The van der Waals surface area contributed by atoms with Gasteiger partial charge in [-0.3, -0.25) is 9.69 Å². The number of morpholine rings is 1. The lowest BCUT2D eigenvalue weighted by molar-refractivity contribution is -0.117. The summed E-state index contributed by atoms with van der Waals surface area (Å²) < 4.78 is 7.28. The average molecular weight is 510 g/mol. The molecule has 0 aliphatic carbocycles. The van der Waals surface area contributed by atoms with Crippen LogP contribution in [0.4, 0.5) is 11.8 Å². The van der Waals surface area contributed by atoms with Gasteiger partial charge in [0.15, 0.2) is 11.6 Å². The number of anilines is 2. The Hall–Kier alpha value is -4.11. The van der Waals surface area contributed by atoms with Crippen LogP contribution in [-0.4, -0.2) is 56.9 Å². The van der Waals surface area contributed by atoms with Gasteiger partial charge < -0.3 is 9.64 Å². The number of aryl methyl sites for hydroxylation is 1. The Morgan fingerprint density at radius 3 is 2.50 bits per heavy atom. The smallest absolute Gasteiger partial charge is 0.233 e. The molecule has 0 bridgehead atoms. The lowest BCUT2D eigenvalue weighted by Gasteiger charge is -2.26. The van der Waals surface area contributed by atoms with E-state index in [1.807, 2.05) is 54.2 Å². The fraction of sp³-hybridized carbons (Fsp3) is 0.345. The minimum absolute atomic E-state index is 0.0363. The molecule has 1 saturated heterocycles. The van der Waals surface area contributed by atoms with Gasteiger partial charge >= 0.3 is 0 Å². The van der Waals surface area contributed by atoms with E-state index in [0.29, 0.717) is 49.6 Å². The maximum absolute atomic E-state index is 13.0. The van der Waals surface area contributed by atoms with Gasteiger partial charge in [-0.25, -0.2) is 14.6 Å². The molecule has 194 valence electrons. The number of benzene rings is 2. The van der Waals surface area contributed by atoms with Crippen LogP contribution in [0.3, 0.4) is 0 Å². The van der Waals surface area contributed by atoms with Crippen molar-refractivity contribution >= 4 is 17.7 Å². The van der Waals surface area contributed by atoms with Crippen LogP contribution in [0.2, 0.25) is 0 Å². The second-order valence-electron chi connectivity index (χ2n) is 10.1. The van der Waals surface area contributed by atoms with E-state index in [-0.39, 0.29) is 5.91 Å². The van der Waals surface area contributed by atoms with E-state index in [1.54, 1.807) is 11.1 Å². The van der Waals surface area contributed by atoms with Gasteiger partial charge in [-0.2, -0.15) is 4.98 Å². The Kier molecular flexibility index (Phi) is 6.37. The van der Waals surface area contributed by atoms with Crippen LogP contribution in [0.1, 0.15) is 36.5 Å². The molecular weight excluding hydrogens is 478 g/mol. The minimum atomic E-state index is 0.0363. The van der Waals surface area contributed by atoms with Crippen LogP contribution in [0.15, 0.2) is 54.7 Å². The summed E-state index contributed by atoms with van der Waals surface area (Å²) in [4.78, 5) is 31.2. The standard InChI is InChI=1S/C29H31N7O2/c1-19(2)23-6-4-5-7-24(23)27-30-17-22-16-25(37)36(28(22)31-27)18-20-8-10-21(11-9-20)26-32-29(34(3)33-26)35-12-14-38-15-13-35/h4-11,17,19H,12-16,18H2,1-3H3. The minimum Gasteiger partial charge on any atom is -0.378 e. The molecule has 9 nitrogen and oxygen atoms in total. The molecule has 0 radical (unpaired) electrons. The molecule has 1 fully saturated rings. The highest BCUT2D eigenvalue weighted by Crippen LogP contribution is 2.33. The summed E-state index contributed by atoms with van der Waals surface area (Å²) in [5, 5.41) is 4.63. The fourth-order valence-electron chi connectivity index (χ4n) is 5.11. The first kappa shape index (κ1) is 24.2. The molecule has 2 aromatic heterocycles. The monoisotopic (exact) mass is 509 g/mol. The SMILES string of the molecule is CC(C)c1ccccc1-c1ncc2c(n1)N(Cc1ccc(-c3nc(N4CCOCC4)n(C)n3)cc1)C(=O)C2. The quantitative estimate of drug-likeness (QED) is 0.388. The highest BCUT2D eigenvalue weighted by molar-refractivity contribution is 6.00. The third-order valence-corrected chi connectivity index (χ3v) is 7.15. The molecule has 4 aromatic rings. The van der Waals surface area contributed by atoms with Gasteiger partial charge in [0, 0.05) is 43.0 Å². The van der Waals surface area contributed by atoms with E-state index in [4.69, 9.17) is 14.7 Å². The van der Waals surface area contributed by atoms with Gasteiger partial charge in [0.05, 0.1) is 26.2 Å². The molecule has 6 rings (SSSR count). The number of hydrogen-bond acceptors (Lipinski definition) is 7. The van der Waals surface area contributed by atoms with E-state index in [9.17, 15) is 4.79 Å². The van der Waals surface area contributed by atoms with Crippen molar-refractivity contribution in [2.45, 2.75) is 32.7 Å². The number of ether oxygens (including phenoxy) is 1. The third kappa shape index (κ3) is 4.54. The fourth-order valence-corrected chi connectivity index (χ4v) is 5.11. The Labute approximate surface area is 222 Å². The van der Waals surface area contributed by atoms with Crippen molar-refractivity contribution in [3.63, 3.8) is 0 Å². The molecule has 0 unspecified atom stereocenters. The summed E-state index contributed by atoms with van der Waals surface area (Å²) in [6, 6.07) is 16.3. The molecule has 1 amide bonds. The normalized spacial score (nSPS) is 15.4. The highest BCUT2D eigenvalue weighted by atomic mass is 16.5. The maximum atomic E-state index is 13.0. The second-order valence-corrected chi connectivity index (χ2v) is 10.1. The number of hydrogen-bond donors (Lipinski definition) is 0. The van der Waals surface area contributed by atoms with Crippen molar-refractivity contribution in [2.75, 3.05) is 36.1 Å². The van der Waals surface area contributed by atoms with E-state index in [1.165, 1.54) is 5.56 Å². The molecule has 2 aromatic carbocycles. The molecule has 2 aliphatic heterocycles. The molecule has 0 atom stereocenters. The number of rotatable bonds is 6. The lowest BCUT2D eigenvalue weighted by Crippen LogP contribution is -2.37. The van der Waals surface area contributed by atoms with E-state index < -0.39 is 0 Å². The summed E-state index contributed by atoms with van der Waals surface area (Å²) in [5.74, 6) is 3.27. The van der Waals surface area contributed by atoms with Crippen molar-refractivity contribution in [3.8, 4) is 22.8 Å². The predicted octanol–water partition coefficient (Wildman–Crippen LogP) is 3.99. The largest absolute Gasteiger partial charge is 0.378 e. The van der Waals surface area contributed by atoms with Gasteiger partial charge in [-0.05, 0) is 17.0 Å². The van der Waals surface area contributed by atoms with Gasteiger partial charge in [0.1, 0.15) is 5.82 Å². The van der Waals surface area contributed by atoms with Crippen LogP contribution in [0.25, 0.3) is 22.8 Å². The molecule has 0 N–H and O–H groups in total. The molecule has 38 heavy (non-hydrogen) atoms. The summed E-state index contributed by atoms with van der Waals surface area (Å²) in [6.07, 6.45) is 2.12. The predicted molar refractivity (Wildman–Crippen MR) is 146 cm³/mol. The molecule has 4 heterocycles. The molecule has 9 heteroatoms. The van der Waals surface area contributed by atoms with Crippen molar-refractivity contribution in [3.05, 3.63) is 71.4 Å². The maximum Gasteiger partial charge on any atom is 0.233 e. The van der Waals surface area contributed by atoms with E-state index in [2.05, 4.69) is 34.9 Å². The van der Waals surface area contributed by atoms with Crippen molar-refractivity contribution in [2.24, 2.45) is 7.05 Å². The van der Waals surface area contributed by atoms with Crippen molar-refractivity contribution < 1.29 is 9.53 Å². The first-order chi connectivity index (χ1) is 18.5. The zero-order chi connectivity index (χ0) is 26.2. The third-order valence-electron chi connectivity index (χ3n) is 7.15. The summed E-state index contributed by atoms with van der Waals surface area (Å²) in [6.45, 7) is 7.79. The Balaban J connectivity index is 1.23. The van der Waals surface area contributed by atoms with Crippen LogP contribution in [-0.2, 0) is 29.5 Å². The first-order valence-electron chi connectivity index (χ1n) is 13.1. The van der Waals surface area contributed by atoms with Gasteiger partial charge in [-0.1, -0.05) is 62.4 Å². The molecule has 0 spiro atoms.